The molecule has 0 heteroatoms. The third kappa shape index (κ3) is 4.45. The maximum absolute atomic E-state index is 3.77. The minimum absolute atomic E-state index is 0.666. The van der Waals surface area contributed by atoms with Gasteiger partial charge in [0.05, 0.1) is 0 Å². The molecule has 0 saturated heterocycles. The maximum Gasteiger partial charge on any atom is -0.0142 e. The Morgan fingerprint density at radius 2 is 1.79 bits per heavy atom. The molecule has 0 bridgehead atoms. The summed E-state index contributed by atoms with van der Waals surface area (Å²) in [5.41, 5.74) is 4.46. The molecule has 0 aromatic rings. The molecule has 0 saturated carbocycles. The maximum atomic E-state index is 3.77. The van der Waals surface area contributed by atoms with E-state index in [0.717, 1.165) is 6.42 Å². The number of hydrogen-bond acceptors (Lipinski definition) is 0. The molecule has 1 unspecified atom stereocenters. The Kier molecular flexibility index (Phi) is 6.27. The predicted molar refractivity (Wildman–Crippen MR) is 66.4 cm³/mol. The molecule has 0 N–H and O–H groups in total. The van der Waals surface area contributed by atoms with E-state index >= 15 is 0 Å². The Hall–Kier alpha value is -0.780. The van der Waals surface area contributed by atoms with Gasteiger partial charge in [-0.25, -0.2) is 0 Å². The first kappa shape index (κ1) is 13.2. The lowest BCUT2D eigenvalue weighted by Crippen LogP contribution is -1.98. The van der Waals surface area contributed by atoms with Crippen LogP contribution < -0.4 is 0 Å². The van der Waals surface area contributed by atoms with Crippen molar-refractivity contribution < 1.29 is 0 Å². The Balaban J connectivity index is 4.37. The Morgan fingerprint density at radius 3 is 2.21 bits per heavy atom. The summed E-state index contributed by atoms with van der Waals surface area (Å²) in [5, 5.41) is 0. The van der Waals surface area contributed by atoms with E-state index < -0.39 is 0 Å². The van der Waals surface area contributed by atoms with Crippen LogP contribution in [0.2, 0.25) is 0 Å². The molecular formula is C14H24. The van der Waals surface area contributed by atoms with Crippen LogP contribution in [0.3, 0.4) is 0 Å². The molecule has 0 aromatic carbocycles. The van der Waals surface area contributed by atoms with E-state index in [2.05, 4.69) is 47.3 Å². The van der Waals surface area contributed by atoms with Crippen molar-refractivity contribution in [2.45, 2.75) is 47.5 Å². The van der Waals surface area contributed by atoms with Gasteiger partial charge in [-0.3, -0.25) is 0 Å². The Morgan fingerprint density at radius 1 is 1.21 bits per heavy atom. The van der Waals surface area contributed by atoms with Crippen molar-refractivity contribution in [1.82, 2.24) is 0 Å². The van der Waals surface area contributed by atoms with Gasteiger partial charge in [0.2, 0.25) is 0 Å². The summed E-state index contributed by atoms with van der Waals surface area (Å²) in [4.78, 5) is 0. The van der Waals surface area contributed by atoms with Crippen LogP contribution in [0.25, 0.3) is 0 Å². The summed E-state index contributed by atoms with van der Waals surface area (Å²) in [6.45, 7) is 14.8. The predicted octanol–water partition coefficient (Wildman–Crippen LogP) is 4.89. The molecule has 0 radical (unpaired) electrons. The van der Waals surface area contributed by atoms with Crippen molar-refractivity contribution >= 4 is 0 Å². The zero-order chi connectivity index (χ0) is 11.1. The molecule has 0 rings (SSSR count). The fraction of sp³-hybridized carbons (Fsp3) is 0.571. The van der Waals surface area contributed by atoms with Crippen LogP contribution in [-0.4, -0.2) is 0 Å². The smallest absolute Gasteiger partial charge is 0.0142 e. The minimum atomic E-state index is 0.666. The Labute approximate surface area is 89.4 Å². The molecule has 0 aliphatic heterocycles. The third-order valence-electron chi connectivity index (χ3n) is 3.02. The largest absolute Gasteiger partial charge is 0.103 e. The van der Waals surface area contributed by atoms with Crippen molar-refractivity contribution in [3.63, 3.8) is 0 Å². The van der Waals surface area contributed by atoms with Gasteiger partial charge in [-0.05, 0) is 46.5 Å². The van der Waals surface area contributed by atoms with E-state index in [1.807, 2.05) is 6.08 Å². The number of rotatable bonds is 5. The van der Waals surface area contributed by atoms with Gasteiger partial charge in [0.25, 0.3) is 0 Å². The molecular weight excluding hydrogens is 168 g/mol. The molecule has 0 nitrogen and oxygen atoms in total. The molecule has 1 atom stereocenters. The van der Waals surface area contributed by atoms with Crippen molar-refractivity contribution in [3.05, 3.63) is 35.5 Å². The monoisotopic (exact) mass is 192 g/mol. The van der Waals surface area contributed by atoms with Crippen molar-refractivity contribution in [1.29, 1.82) is 0 Å². The molecule has 0 aliphatic carbocycles. The van der Waals surface area contributed by atoms with Crippen LogP contribution in [-0.2, 0) is 0 Å². The zero-order valence-corrected chi connectivity index (χ0v) is 10.4. The van der Waals surface area contributed by atoms with E-state index in [-0.39, 0.29) is 0 Å². The number of allylic oxidation sites excluding steroid dienone is 5. The fourth-order valence-corrected chi connectivity index (χ4v) is 1.47. The lowest BCUT2D eigenvalue weighted by atomic mass is 9.92. The molecule has 0 aliphatic rings. The van der Waals surface area contributed by atoms with Gasteiger partial charge < -0.3 is 0 Å². The van der Waals surface area contributed by atoms with Gasteiger partial charge in [0.15, 0.2) is 0 Å². The Bertz CT molecular complexity index is 241. The van der Waals surface area contributed by atoms with Gasteiger partial charge in [-0.15, -0.1) is 6.58 Å². The van der Waals surface area contributed by atoms with E-state index in [1.54, 1.807) is 0 Å². The summed E-state index contributed by atoms with van der Waals surface area (Å²) in [6, 6.07) is 0. The molecule has 14 heavy (non-hydrogen) atoms. The molecule has 0 amide bonds. The topological polar surface area (TPSA) is 0 Å². The second kappa shape index (κ2) is 6.64. The SMILES string of the molecule is C=CCC(C)=C(C)CC(C)C(C)=CC. The fourth-order valence-electron chi connectivity index (χ4n) is 1.47. The summed E-state index contributed by atoms with van der Waals surface area (Å²) in [5.74, 6) is 0.666. The quantitative estimate of drug-likeness (QED) is 0.544. The average molecular weight is 192 g/mol. The molecule has 0 heterocycles. The lowest BCUT2D eigenvalue weighted by Gasteiger charge is -2.14. The van der Waals surface area contributed by atoms with Crippen molar-refractivity contribution in [2.24, 2.45) is 5.92 Å². The van der Waals surface area contributed by atoms with Crippen LogP contribution in [0.5, 0.6) is 0 Å². The first-order valence-corrected chi connectivity index (χ1v) is 5.41. The summed E-state index contributed by atoms with van der Waals surface area (Å²) in [7, 11) is 0. The third-order valence-corrected chi connectivity index (χ3v) is 3.02. The summed E-state index contributed by atoms with van der Waals surface area (Å²) < 4.78 is 0. The molecule has 0 aromatic heterocycles. The number of hydrogen-bond donors (Lipinski definition) is 0. The summed E-state index contributed by atoms with van der Waals surface area (Å²) >= 11 is 0. The van der Waals surface area contributed by atoms with E-state index in [1.165, 1.54) is 23.1 Å². The van der Waals surface area contributed by atoms with Crippen LogP contribution in [0.4, 0.5) is 0 Å². The highest BCUT2D eigenvalue weighted by Gasteiger charge is 2.05. The highest BCUT2D eigenvalue weighted by atomic mass is 14.1. The van der Waals surface area contributed by atoms with E-state index in [9.17, 15) is 0 Å². The lowest BCUT2D eigenvalue weighted by molar-refractivity contribution is 0.665. The molecule has 80 valence electrons. The van der Waals surface area contributed by atoms with Gasteiger partial charge >= 0.3 is 0 Å². The minimum Gasteiger partial charge on any atom is -0.103 e. The zero-order valence-electron chi connectivity index (χ0n) is 10.4. The second-order valence-electron chi connectivity index (χ2n) is 4.19. The first-order valence-electron chi connectivity index (χ1n) is 5.41. The van der Waals surface area contributed by atoms with E-state index in [4.69, 9.17) is 0 Å². The second-order valence-corrected chi connectivity index (χ2v) is 4.19. The summed E-state index contributed by atoms with van der Waals surface area (Å²) in [6.07, 6.45) is 6.39. The van der Waals surface area contributed by atoms with Gasteiger partial charge in [0.1, 0.15) is 0 Å². The van der Waals surface area contributed by atoms with Gasteiger partial charge in [-0.2, -0.15) is 0 Å². The van der Waals surface area contributed by atoms with E-state index in [0.29, 0.717) is 5.92 Å². The molecule has 0 fully saturated rings. The van der Waals surface area contributed by atoms with Crippen LogP contribution in [0, 0.1) is 5.92 Å². The normalized spacial score (nSPS) is 16.2. The van der Waals surface area contributed by atoms with Gasteiger partial charge in [-0.1, -0.05) is 35.8 Å². The highest BCUT2D eigenvalue weighted by Crippen LogP contribution is 2.22. The van der Waals surface area contributed by atoms with Crippen LogP contribution in [0.1, 0.15) is 47.5 Å². The molecule has 0 spiro atoms. The van der Waals surface area contributed by atoms with Crippen LogP contribution >= 0.6 is 0 Å². The van der Waals surface area contributed by atoms with Crippen LogP contribution in [0.15, 0.2) is 35.5 Å². The van der Waals surface area contributed by atoms with Crippen molar-refractivity contribution in [3.8, 4) is 0 Å². The first-order chi connectivity index (χ1) is 6.52. The standard InChI is InChI=1S/C14H24/c1-7-9-12(4)14(6)10-13(5)11(3)8-2/h7-8,13H,1,9-10H2,2-6H3. The van der Waals surface area contributed by atoms with Gasteiger partial charge in [0, 0.05) is 0 Å². The average Bonchev–Trinajstić information content (AvgIpc) is 2.16. The van der Waals surface area contributed by atoms with Crippen molar-refractivity contribution in [2.75, 3.05) is 0 Å². The highest BCUT2D eigenvalue weighted by molar-refractivity contribution is 5.15.